The Balaban J connectivity index is 1.75. The number of amides is 1. The summed E-state index contributed by atoms with van der Waals surface area (Å²) in [6.07, 6.45) is 2.79. The van der Waals surface area contributed by atoms with Crippen LogP contribution in [0.1, 0.15) is 30.7 Å². The Labute approximate surface area is 121 Å². The Hall–Kier alpha value is -0.880. The second-order valence-corrected chi connectivity index (χ2v) is 5.69. The van der Waals surface area contributed by atoms with Crippen LogP contribution in [-0.2, 0) is 16.1 Å². The first-order valence-corrected chi connectivity index (χ1v) is 7.45. The van der Waals surface area contributed by atoms with Gasteiger partial charge in [-0.05, 0) is 42.6 Å². The molecule has 0 saturated carbocycles. The van der Waals surface area contributed by atoms with Gasteiger partial charge >= 0.3 is 0 Å². The minimum Gasteiger partial charge on any atom is -0.376 e. The van der Waals surface area contributed by atoms with Crippen LogP contribution < -0.4 is 5.32 Å². The molecule has 0 aliphatic carbocycles. The summed E-state index contributed by atoms with van der Waals surface area (Å²) in [5.41, 5.74) is 2.02. The molecule has 1 aromatic rings. The maximum atomic E-state index is 11.8. The van der Waals surface area contributed by atoms with Gasteiger partial charge in [-0.15, -0.1) is 0 Å². The highest BCUT2D eigenvalue weighted by atomic mass is 79.9. The smallest absolute Gasteiger partial charge is 0.221 e. The lowest BCUT2D eigenvalue weighted by molar-refractivity contribution is -0.121. The van der Waals surface area contributed by atoms with Gasteiger partial charge in [-0.1, -0.05) is 0 Å². The summed E-state index contributed by atoms with van der Waals surface area (Å²) < 4.78 is 8.35. The molecule has 0 aromatic carbocycles. The van der Waals surface area contributed by atoms with E-state index in [1.807, 2.05) is 18.5 Å². The lowest BCUT2D eigenvalue weighted by Crippen LogP contribution is -2.32. The van der Waals surface area contributed by atoms with E-state index in [-0.39, 0.29) is 12.0 Å². The summed E-state index contributed by atoms with van der Waals surface area (Å²) in [6.45, 7) is 6.00. The number of hydrogen-bond donors (Lipinski definition) is 1. The molecule has 106 valence electrons. The highest BCUT2D eigenvalue weighted by molar-refractivity contribution is 9.10. The fourth-order valence-electron chi connectivity index (χ4n) is 2.22. The zero-order chi connectivity index (χ0) is 13.8. The second-order valence-electron chi connectivity index (χ2n) is 4.90. The van der Waals surface area contributed by atoms with Crippen LogP contribution in [0.15, 0.2) is 4.47 Å². The Bertz CT molecular complexity index is 453. The SMILES string of the molecule is Cc1nn(CCC(=O)NC[C@@H]2CCCO2)c(C)c1Br. The zero-order valence-electron chi connectivity index (χ0n) is 11.4. The molecule has 1 aliphatic heterocycles. The first-order valence-electron chi connectivity index (χ1n) is 6.65. The quantitative estimate of drug-likeness (QED) is 0.898. The van der Waals surface area contributed by atoms with Crippen LogP contribution in [0.4, 0.5) is 0 Å². The van der Waals surface area contributed by atoms with Crippen LogP contribution in [0.3, 0.4) is 0 Å². The molecule has 1 aromatic heterocycles. The normalized spacial score (nSPS) is 18.8. The number of aromatic nitrogens is 2. The van der Waals surface area contributed by atoms with E-state index in [1.54, 1.807) is 0 Å². The highest BCUT2D eigenvalue weighted by Gasteiger charge is 2.16. The van der Waals surface area contributed by atoms with Gasteiger partial charge in [-0.25, -0.2) is 0 Å². The predicted molar refractivity (Wildman–Crippen MR) is 76.0 cm³/mol. The molecule has 1 amide bonds. The van der Waals surface area contributed by atoms with Crippen molar-refractivity contribution in [2.75, 3.05) is 13.2 Å². The number of rotatable bonds is 5. The summed E-state index contributed by atoms with van der Waals surface area (Å²) in [5, 5.41) is 7.30. The van der Waals surface area contributed by atoms with Gasteiger partial charge < -0.3 is 10.1 Å². The lowest BCUT2D eigenvalue weighted by atomic mass is 10.2. The average molecular weight is 330 g/mol. The van der Waals surface area contributed by atoms with Gasteiger partial charge in [-0.2, -0.15) is 5.10 Å². The largest absolute Gasteiger partial charge is 0.376 e. The summed E-state index contributed by atoms with van der Waals surface area (Å²) in [7, 11) is 0. The van der Waals surface area contributed by atoms with Crippen LogP contribution in [-0.4, -0.2) is 34.9 Å². The summed E-state index contributed by atoms with van der Waals surface area (Å²) in [5.74, 6) is 0.0548. The number of ether oxygens (including phenoxy) is 1. The molecule has 19 heavy (non-hydrogen) atoms. The number of nitrogens with one attached hydrogen (secondary N) is 1. The molecule has 0 radical (unpaired) electrons. The molecule has 1 saturated heterocycles. The fraction of sp³-hybridized carbons (Fsp3) is 0.692. The van der Waals surface area contributed by atoms with Crippen LogP contribution in [0.25, 0.3) is 0 Å². The monoisotopic (exact) mass is 329 g/mol. The van der Waals surface area contributed by atoms with E-state index in [0.29, 0.717) is 19.5 Å². The number of carbonyl (C=O) groups is 1. The molecule has 1 fully saturated rings. The van der Waals surface area contributed by atoms with E-state index in [1.165, 1.54) is 0 Å². The van der Waals surface area contributed by atoms with Crippen molar-refractivity contribution in [2.45, 2.75) is 45.8 Å². The molecule has 2 heterocycles. The van der Waals surface area contributed by atoms with E-state index in [0.717, 1.165) is 35.3 Å². The Kier molecular flexibility index (Phi) is 4.99. The molecule has 0 unspecified atom stereocenters. The number of carbonyl (C=O) groups excluding carboxylic acids is 1. The van der Waals surface area contributed by atoms with Gasteiger partial charge in [0.1, 0.15) is 0 Å². The summed E-state index contributed by atoms with van der Waals surface area (Å²) in [4.78, 5) is 11.8. The first kappa shape index (κ1) is 14.5. The molecule has 0 spiro atoms. The third-order valence-corrected chi connectivity index (χ3v) is 4.54. The van der Waals surface area contributed by atoms with E-state index >= 15 is 0 Å². The minimum atomic E-state index is 0.0548. The molecular formula is C13H20BrN3O2. The standard InChI is InChI=1S/C13H20BrN3O2/c1-9-13(14)10(2)17(16-9)6-5-12(18)15-8-11-4-3-7-19-11/h11H,3-8H2,1-2H3,(H,15,18)/t11-/m0/s1. The first-order chi connectivity index (χ1) is 9.08. The van der Waals surface area contributed by atoms with E-state index < -0.39 is 0 Å². The van der Waals surface area contributed by atoms with Gasteiger partial charge in [0.2, 0.25) is 5.91 Å². The van der Waals surface area contributed by atoms with Crippen LogP contribution in [0.5, 0.6) is 0 Å². The fourth-order valence-corrected chi connectivity index (χ4v) is 2.51. The Morgan fingerprint density at radius 1 is 1.58 bits per heavy atom. The topological polar surface area (TPSA) is 56.2 Å². The maximum Gasteiger partial charge on any atom is 0.221 e. The molecule has 1 N–H and O–H groups in total. The lowest BCUT2D eigenvalue weighted by Gasteiger charge is -2.11. The van der Waals surface area contributed by atoms with Crippen molar-refractivity contribution >= 4 is 21.8 Å². The number of nitrogens with zero attached hydrogens (tertiary/aromatic N) is 2. The third-order valence-electron chi connectivity index (χ3n) is 3.39. The number of halogens is 1. The van der Waals surface area contributed by atoms with Gasteiger partial charge in [0, 0.05) is 25.3 Å². The molecule has 1 aliphatic rings. The van der Waals surface area contributed by atoms with Crippen molar-refractivity contribution in [2.24, 2.45) is 0 Å². The molecular weight excluding hydrogens is 310 g/mol. The van der Waals surface area contributed by atoms with Crippen molar-refractivity contribution in [3.05, 3.63) is 15.9 Å². The summed E-state index contributed by atoms with van der Waals surface area (Å²) in [6, 6.07) is 0. The Morgan fingerprint density at radius 3 is 2.95 bits per heavy atom. The van der Waals surface area contributed by atoms with E-state index in [9.17, 15) is 4.79 Å². The van der Waals surface area contributed by atoms with Gasteiger partial charge in [0.25, 0.3) is 0 Å². The Morgan fingerprint density at radius 2 is 2.37 bits per heavy atom. The van der Waals surface area contributed by atoms with Crippen molar-refractivity contribution in [1.29, 1.82) is 0 Å². The molecule has 1 atom stereocenters. The van der Waals surface area contributed by atoms with E-state index in [2.05, 4.69) is 26.3 Å². The maximum absolute atomic E-state index is 11.8. The average Bonchev–Trinajstić information content (AvgIpc) is 2.99. The minimum absolute atomic E-state index is 0.0548. The number of aryl methyl sites for hydroxylation is 2. The number of hydrogen-bond acceptors (Lipinski definition) is 3. The molecule has 0 bridgehead atoms. The van der Waals surface area contributed by atoms with Crippen molar-refractivity contribution < 1.29 is 9.53 Å². The van der Waals surface area contributed by atoms with Crippen LogP contribution in [0, 0.1) is 13.8 Å². The van der Waals surface area contributed by atoms with Gasteiger partial charge in [0.15, 0.2) is 0 Å². The molecule has 2 rings (SSSR count). The highest BCUT2D eigenvalue weighted by Crippen LogP contribution is 2.19. The molecule has 6 heteroatoms. The van der Waals surface area contributed by atoms with Crippen LogP contribution >= 0.6 is 15.9 Å². The van der Waals surface area contributed by atoms with Crippen molar-refractivity contribution in [3.8, 4) is 0 Å². The second kappa shape index (κ2) is 6.52. The van der Waals surface area contributed by atoms with Crippen LogP contribution in [0.2, 0.25) is 0 Å². The molecule has 5 nitrogen and oxygen atoms in total. The zero-order valence-corrected chi connectivity index (χ0v) is 13.0. The predicted octanol–water partition coefficient (Wildman–Crippen LogP) is 1.95. The van der Waals surface area contributed by atoms with Gasteiger partial charge in [0.05, 0.1) is 22.8 Å². The summed E-state index contributed by atoms with van der Waals surface area (Å²) >= 11 is 3.48. The van der Waals surface area contributed by atoms with Crippen molar-refractivity contribution in [3.63, 3.8) is 0 Å². The van der Waals surface area contributed by atoms with Gasteiger partial charge in [-0.3, -0.25) is 9.48 Å². The third kappa shape index (κ3) is 3.79. The van der Waals surface area contributed by atoms with E-state index in [4.69, 9.17) is 4.74 Å². The van der Waals surface area contributed by atoms with Crippen molar-refractivity contribution in [1.82, 2.24) is 15.1 Å².